The van der Waals surface area contributed by atoms with Crippen molar-refractivity contribution in [3.8, 4) is 0 Å². The summed E-state index contributed by atoms with van der Waals surface area (Å²) < 4.78 is 0. The molecule has 0 N–H and O–H groups in total. The molecule has 1 saturated heterocycles. The zero-order valence-corrected chi connectivity index (χ0v) is 14.9. The van der Waals surface area contributed by atoms with Crippen LogP contribution in [0.1, 0.15) is 40.0 Å². The molecule has 2 aliphatic carbocycles. The third-order valence-corrected chi connectivity index (χ3v) is 6.66. The summed E-state index contributed by atoms with van der Waals surface area (Å²) in [6, 6.07) is 9.36. The minimum atomic E-state index is -0.482. The van der Waals surface area contributed by atoms with Crippen molar-refractivity contribution in [2.45, 2.75) is 46.1 Å². The quantitative estimate of drug-likeness (QED) is 0.791. The van der Waals surface area contributed by atoms with Gasteiger partial charge in [0.05, 0.1) is 17.1 Å². The second-order valence-electron chi connectivity index (χ2n) is 7.85. The van der Waals surface area contributed by atoms with Crippen molar-refractivity contribution in [3.63, 3.8) is 0 Å². The van der Waals surface area contributed by atoms with Crippen molar-refractivity contribution in [2.75, 3.05) is 5.01 Å². The minimum Gasteiger partial charge on any atom is -0.343 e. The number of rotatable bonds is 3. The summed E-state index contributed by atoms with van der Waals surface area (Å²) in [5.74, 6) is 0.0955. The summed E-state index contributed by atoms with van der Waals surface area (Å²) in [5.41, 5.74) is 0.163. The molecule has 1 aromatic carbocycles. The largest absolute Gasteiger partial charge is 0.351 e. The molecular weight excluding hydrogens is 316 g/mol. The van der Waals surface area contributed by atoms with Crippen LogP contribution in [0, 0.1) is 16.7 Å². The fourth-order valence-corrected chi connectivity index (χ4v) is 5.31. The lowest BCUT2D eigenvalue weighted by Gasteiger charge is -2.34. The molecule has 2 saturated carbocycles. The second kappa shape index (κ2) is 5.43. The highest BCUT2D eigenvalue weighted by Gasteiger charge is 2.75. The van der Waals surface area contributed by atoms with Crippen LogP contribution in [0.15, 0.2) is 42.5 Å². The summed E-state index contributed by atoms with van der Waals surface area (Å²) in [7, 11) is 0. The van der Waals surface area contributed by atoms with Gasteiger partial charge in [-0.25, -0.2) is 9.80 Å². The molecule has 1 amide bonds. The lowest BCUT2D eigenvalue weighted by Crippen LogP contribution is -2.44. The van der Waals surface area contributed by atoms with Crippen molar-refractivity contribution in [1.29, 1.82) is 0 Å². The van der Waals surface area contributed by atoms with Gasteiger partial charge in [0, 0.05) is 6.08 Å². The molecule has 3 aliphatic rings. The molecule has 3 fully saturated rings. The average Bonchev–Trinajstić information content (AvgIpc) is 3.09. The van der Waals surface area contributed by atoms with E-state index in [1.54, 1.807) is 23.2 Å². The Morgan fingerprint density at radius 2 is 2.00 bits per heavy atom. The molecule has 1 spiro atoms. The van der Waals surface area contributed by atoms with E-state index in [2.05, 4.69) is 13.8 Å². The van der Waals surface area contributed by atoms with Crippen LogP contribution in [-0.4, -0.2) is 23.1 Å². The van der Waals surface area contributed by atoms with Crippen molar-refractivity contribution in [1.82, 2.24) is 5.17 Å². The molecule has 0 radical (unpaired) electrons. The Labute approximate surface area is 148 Å². The lowest BCUT2D eigenvalue weighted by atomic mass is 9.68. The zero-order chi connectivity index (χ0) is 17.8. The van der Waals surface area contributed by atoms with Crippen molar-refractivity contribution in [2.24, 2.45) is 16.7 Å². The number of allylic oxidation sites excluding steroid dienone is 1. The number of hydroxylamine groups is 1. The van der Waals surface area contributed by atoms with E-state index in [-0.39, 0.29) is 17.4 Å². The molecule has 3 atom stereocenters. The summed E-state index contributed by atoms with van der Waals surface area (Å²) >= 11 is 0. The number of hydrogen-bond donors (Lipinski definition) is 0. The van der Waals surface area contributed by atoms with Gasteiger partial charge in [-0.1, -0.05) is 38.1 Å². The smallest absolute Gasteiger partial charge is 0.343 e. The van der Waals surface area contributed by atoms with E-state index < -0.39 is 11.4 Å². The van der Waals surface area contributed by atoms with Crippen LogP contribution >= 0.6 is 0 Å². The third kappa shape index (κ3) is 1.99. The van der Waals surface area contributed by atoms with Crippen LogP contribution in [-0.2, 0) is 14.4 Å². The van der Waals surface area contributed by atoms with Crippen LogP contribution in [0.25, 0.3) is 0 Å². The standard InChI is InChI=1S/C20H24N2O3/c1-4-8-17(23)25-22-16-13-14-11-12-20(16,19(14,2)3)18(24)21(22)15-9-6-5-7-10-15/h4-10,14,16H,11-13H2,1-3H3/b8-4+/t14-,16-,20+/m1/s1. The number of fused-ring (bicyclic) bond motifs is 1. The highest BCUT2D eigenvalue weighted by atomic mass is 16.7. The molecular formula is C20H24N2O3. The SMILES string of the molecule is C/C=C/C(=O)ON1[C@@H]2C[C@H]3CC[C@]2(C(=O)N1c1ccccc1)C3(C)C. The predicted octanol–water partition coefficient (Wildman–Crippen LogP) is 3.48. The Morgan fingerprint density at radius 3 is 2.64 bits per heavy atom. The number of amides is 1. The number of hydrazine groups is 1. The average molecular weight is 340 g/mol. The number of anilines is 1. The maximum absolute atomic E-state index is 13.6. The number of nitrogens with zero attached hydrogens (tertiary/aromatic N) is 2. The van der Waals surface area contributed by atoms with E-state index in [9.17, 15) is 9.59 Å². The number of para-hydroxylation sites is 1. The van der Waals surface area contributed by atoms with Crippen molar-refractivity contribution in [3.05, 3.63) is 42.5 Å². The molecule has 0 unspecified atom stereocenters. The van der Waals surface area contributed by atoms with Gasteiger partial charge in [0.1, 0.15) is 0 Å². The van der Waals surface area contributed by atoms with Crippen LogP contribution in [0.2, 0.25) is 0 Å². The number of carbonyl (C=O) groups excluding carboxylic acids is 2. The molecule has 1 aliphatic heterocycles. The molecule has 0 aromatic heterocycles. The van der Waals surface area contributed by atoms with E-state index in [4.69, 9.17) is 4.84 Å². The number of carbonyl (C=O) groups is 2. The summed E-state index contributed by atoms with van der Waals surface area (Å²) in [5, 5.41) is 3.14. The van der Waals surface area contributed by atoms with Gasteiger partial charge in [-0.05, 0) is 54.8 Å². The monoisotopic (exact) mass is 340 g/mol. The highest BCUT2D eigenvalue weighted by molar-refractivity contribution is 6.01. The maximum atomic E-state index is 13.6. The van der Waals surface area contributed by atoms with E-state index in [1.165, 1.54) is 6.08 Å². The van der Waals surface area contributed by atoms with E-state index in [0.717, 1.165) is 24.9 Å². The molecule has 5 nitrogen and oxygen atoms in total. The van der Waals surface area contributed by atoms with Gasteiger partial charge in [-0.2, -0.15) is 0 Å². The van der Waals surface area contributed by atoms with Crippen LogP contribution in [0.5, 0.6) is 0 Å². The molecule has 4 rings (SSSR count). The Hall–Kier alpha value is -2.14. The van der Waals surface area contributed by atoms with Crippen LogP contribution in [0.3, 0.4) is 0 Å². The molecule has 25 heavy (non-hydrogen) atoms. The van der Waals surface area contributed by atoms with Gasteiger partial charge in [0.15, 0.2) is 0 Å². The number of hydrogen-bond acceptors (Lipinski definition) is 4. The Bertz CT molecular complexity index is 743. The first-order valence-corrected chi connectivity index (χ1v) is 8.97. The summed E-state index contributed by atoms with van der Waals surface area (Å²) in [6.45, 7) is 6.17. The van der Waals surface area contributed by atoms with Crippen molar-refractivity contribution < 1.29 is 14.4 Å². The highest BCUT2D eigenvalue weighted by Crippen LogP contribution is 2.70. The van der Waals surface area contributed by atoms with Gasteiger partial charge in [-0.3, -0.25) is 4.79 Å². The van der Waals surface area contributed by atoms with Crippen molar-refractivity contribution >= 4 is 17.6 Å². The Morgan fingerprint density at radius 1 is 1.28 bits per heavy atom. The van der Waals surface area contributed by atoms with Crippen LogP contribution in [0.4, 0.5) is 5.69 Å². The fraction of sp³-hybridized carbons (Fsp3) is 0.500. The fourth-order valence-electron chi connectivity index (χ4n) is 5.31. The summed E-state index contributed by atoms with van der Waals surface area (Å²) in [4.78, 5) is 31.4. The molecule has 132 valence electrons. The van der Waals surface area contributed by atoms with E-state index in [0.29, 0.717) is 5.92 Å². The molecule has 1 heterocycles. The molecule has 1 aromatic rings. The Balaban J connectivity index is 1.80. The second-order valence-corrected chi connectivity index (χ2v) is 7.85. The van der Waals surface area contributed by atoms with Gasteiger partial charge in [0.25, 0.3) is 5.91 Å². The van der Waals surface area contributed by atoms with Gasteiger partial charge in [-0.15, -0.1) is 0 Å². The van der Waals surface area contributed by atoms with Gasteiger partial charge in [0.2, 0.25) is 0 Å². The third-order valence-electron chi connectivity index (χ3n) is 6.66. The first-order valence-electron chi connectivity index (χ1n) is 8.97. The first kappa shape index (κ1) is 16.3. The lowest BCUT2D eigenvalue weighted by molar-refractivity contribution is -0.197. The van der Waals surface area contributed by atoms with E-state index in [1.807, 2.05) is 30.3 Å². The van der Waals surface area contributed by atoms with E-state index >= 15 is 0 Å². The number of benzene rings is 1. The normalized spacial score (nSPS) is 33.2. The first-order chi connectivity index (χ1) is 11.9. The summed E-state index contributed by atoms with van der Waals surface area (Å²) in [6.07, 6.45) is 5.83. The van der Waals surface area contributed by atoms with Gasteiger partial charge < -0.3 is 4.84 Å². The van der Waals surface area contributed by atoms with Crippen LogP contribution < -0.4 is 5.01 Å². The Kier molecular flexibility index (Phi) is 3.55. The predicted molar refractivity (Wildman–Crippen MR) is 94.0 cm³/mol. The topological polar surface area (TPSA) is 49.9 Å². The molecule has 5 heteroatoms. The zero-order valence-electron chi connectivity index (χ0n) is 14.9. The molecule has 2 bridgehead atoms. The minimum absolute atomic E-state index is 0.0574. The van der Waals surface area contributed by atoms with Gasteiger partial charge >= 0.3 is 5.97 Å². The maximum Gasteiger partial charge on any atom is 0.351 e.